The molecule has 0 radical (unpaired) electrons. The van der Waals surface area contributed by atoms with Crippen LogP contribution in [-0.4, -0.2) is 64.6 Å². The van der Waals surface area contributed by atoms with E-state index >= 15 is 0 Å². The number of carbonyl (C=O) groups excluding carboxylic acids is 2. The summed E-state index contributed by atoms with van der Waals surface area (Å²) in [6.45, 7) is 5.76. The van der Waals surface area contributed by atoms with Gasteiger partial charge in [0.1, 0.15) is 11.8 Å². The molecule has 1 aromatic heterocycles. The lowest BCUT2D eigenvalue weighted by Gasteiger charge is -2.27. The first-order valence-electron chi connectivity index (χ1n) is 7.95. The molecule has 7 nitrogen and oxygen atoms in total. The number of aromatic nitrogens is 1. The van der Waals surface area contributed by atoms with Gasteiger partial charge in [0.2, 0.25) is 11.8 Å². The first kappa shape index (κ1) is 18.2. The van der Waals surface area contributed by atoms with Crippen molar-refractivity contribution in [2.75, 3.05) is 20.7 Å². The fourth-order valence-electron chi connectivity index (χ4n) is 3.18. The number of methoxy groups -OCH3 is 1. The van der Waals surface area contributed by atoms with Crippen LogP contribution in [0.3, 0.4) is 0 Å². The molecule has 132 valence electrons. The van der Waals surface area contributed by atoms with Gasteiger partial charge in [0, 0.05) is 44.3 Å². The number of ether oxygens (including phenoxy) is 1. The van der Waals surface area contributed by atoms with Crippen molar-refractivity contribution in [3.05, 3.63) is 23.0 Å². The van der Waals surface area contributed by atoms with Crippen molar-refractivity contribution in [3.63, 3.8) is 0 Å². The average molecular weight is 335 g/mol. The van der Waals surface area contributed by atoms with Crippen molar-refractivity contribution in [1.82, 2.24) is 14.8 Å². The first-order chi connectivity index (χ1) is 11.3. The number of aliphatic hydroxyl groups is 1. The van der Waals surface area contributed by atoms with Crippen LogP contribution in [0.1, 0.15) is 30.2 Å². The topological polar surface area (TPSA) is 83.0 Å². The number of likely N-dealkylation sites (tertiary alicyclic amines) is 1. The Morgan fingerprint density at radius 2 is 2.12 bits per heavy atom. The standard InChI is InChI=1S/C17H25N3O4/c1-10-7-18-14(11(2)16(10)24-5)9-19(4)17(23)15-6-13(22)8-20(15)12(3)21/h7,13,15,22H,6,8-9H2,1-5H3/t13-,15-/m1/s1. The number of hydrogen-bond donors (Lipinski definition) is 1. The van der Waals surface area contributed by atoms with E-state index in [9.17, 15) is 14.7 Å². The summed E-state index contributed by atoms with van der Waals surface area (Å²) >= 11 is 0. The summed E-state index contributed by atoms with van der Waals surface area (Å²) in [5.41, 5.74) is 2.59. The molecule has 2 heterocycles. The van der Waals surface area contributed by atoms with Gasteiger partial charge in [-0.3, -0.25) is 14.6 Å². The highest BCUT2D eigenvalue weighted by molar-refractivity contribution is 5.87. The zero-order valence-electron chi connectivity index (χ0n) is 14.9. The fourth-order valence-corrected chi connectivity index (χ4v) is 3.18. The van der Waals surface area contributed by atoms with Gasteiger partial charge in [0.15, 0.2) is 0 Å². The Balaban J connectivity index is 2.16. The highest BCUT2D eigenvalue weighted by Crippen LogP contribution is 2.25. The van der Waals surface area contributed by atoms with Gasteiger partial charge >= 0.3 is 0 Å². The maximum Gasteiger partial charge on any atom is 0.245 e. The molecule has 1 aliphatic rings. The van der Waals surface area contributed by atoms with Crippen LogP contribution < -0.4 is 4.74 Å². The van der Waals surface area contributed by atoms with E-state index in [2.05, 4.69) is 4.98 Å². The quantitative estimate of drug-likeness (QED) is 0.873. The summed E-state index contributed by atoms with van der Waals surface area (Å²) in [5.74, 6) is 0.370. The molecule has 0 aromatic carbocycles. The van der Waals surface area contributed by atoms with E-state index in [1.54, 1.807) is 25.3 Å². The number of amides is 2. The van der Waals surface area contributed by atoms with Gasteiger partial charge in [0.25, 0.3) is 0 Å². The maximum atomic E-state index is 12.7. The second-order valence-corrected chi connectivity index (χ2v) is 6.32. The molecule has 7 heteroatoms. The van der Waals surface area contributed by atoms with E-state index in [0.29, 0.717) is 6.54 Å². The number of rotatable bonds is 4. The lowest BCUT2D eigenvalue weighted by molar-refractivity contribution is -0.142. The normalized spacial score (nSPS) is 20.2. The van der Waals surface area contributed by atoms with E-state index in [1.165, 1.54) is 11.8 Å². The molecule has 24 heavy (non-hydrogen) atoms. The summed E-state index contributed by atoms with van der Waals surface area (Å²) < 4.78 is 5.39. The van der Waals surface area contributed by atoms with Crippen LogP contribution in [0.25, 0.3) is 0 Å². The van der Waals surface area contributed by atoms with Crippen LogP contribution in [-0.2, 0) is 16.1 Å². The molecule has 1 N–H and O–H groups in total. The molecule has 0 bridgehead atoms. The molecule has 2 atom stereocenters. The van der Waals surface area contributed by atoms with Crippen molar-refractivity contribution >= 4 is 11.8 Å². The van der Waals surface area contributed by atoms with Crippen molar-refractivity contribution in [2.24, 2.45) is 0 Å². The summed E-state index contributed by atoms with van der Waals surface area (Å²) in [6.07, 6.45) is 1.34. The number of β-amino-alcohol motifs (C(OH)–C–C–N with tert-alkyl or cyclic N) is 1. The molecule has 2 amide bonds. The average Bonchev–Trinajstić information content (AvgIpc) is 2.92. The van der Waals surface area contributed by atoms with Crippen molar-refractivity contribution in [1.29, 1.82) is 0 Å². The zero-order valence-corrected chi connectivity index (χ0v) is 14.9. The Morgan fingerprint density at radius 1 is 1.46 bits per heavy atom. The van der Waals surface area contributed by atoms with E-state index in [4.69, 9.17) is 4.74 Å². The van der Waals surface area contributed by atoms with Crippen LogP contribution >= 0.6 is 0 Å². The second kappa shape index (κ2) is 7.17. The second-order valence-electron chi connectivity index (χ2n) is 6.32. The number of nitrogens with zero attached hydrogens (tertiary/aromatic N) is 3. The Bertz CT molecular complexity index is 647. The van der Waals surface area contributed by atoms with Crippen LogP contribution in [0, 0.1) is 13.8 Å². The molecular weight excluding hydrogens is 310 g/mol. The Morgan fingerprint density at radius 3 is 2.71 bits per heavy atom. The van der Waals surface area contributed by atoms with Crippen molar-refractivity contribution in [2.45, 2.75) is 45.9 Å². The third kappa shape index (κ3) is 3.51. The molecule has 0 unspecified atom stereocenters. The number of aryl methyl sites for hydroxylation is 1. The zero-order chi connectivity index (χ0) is 18.0. The lowest BCUT2D eigenvalue weighted by Crippen LogP contribution is -2.45. The Kier molecular flexibility index (Phi) is 5.43. The highest BCUT2D eigenvalue weighted by Gasteiger charge is 2.38. The van der Waals surface area contributed by atoms with Crippen LogP contribution in [0.5, 0.6) is 5.75 Å². The molecule has 0 spiro atoms. The summed E-state index contributed by atoms with van der Waals surface area (Å²) in [7, 11) is 3.29. The Labute approximate surface area is 142 Å². The van der Waals surface area contributed by atoms with E-state index in [-0.39, 0.29) is 24.8 Å². The maximum absolute atomic E-state index is 12.7. The van der Waals surface area contributed by atoms with E-state index in [0.717, 1.165) is 22.6 Å². The van der Waals surface area contributed by atoms with Gasteiger partial charge in [-0.05, 0) is 13.8 Å². The molecule has 0 aliphatic carbocycles. The number of pyridine rings is 1. The van der Waals surface area contributed by atoms with Gasteiger partial charge in [-0.1, -0.05) is 0 Å². The highest BCUT2D eigenvalue weighted by atomic mass is 16.5. The summed E-state index contributed by atoms with van der Waals surface area (Å²) in [6, 6.07) is -0.616. The van der Waals surface area contributed by atoms with Gasteiger partial charge in [0.05, 0.1) is 25.5 Å². The van der Waals surface area contributed by atoms with Crippen LogP contribution in [0.4, 0.5) is 0 Å². The smallest absolute Gasteiger partial charge is 0.245 e. The summed E-state index contributed by atoms with van der Waals surface area (Å²) in [4.78, 5) is 31.8. The van der Waals surface area contributed by atoms with Crippen molar-refractivity contribution < 1.29 is 19.4 Å². The largest absolute Gasteiger partial charge is 0.496 e. The number of likely N-dealkylation sites (N-methyl/N-ethyl adjacent to an activating group) is 1. The molecule has 1 aromatic rings. The van der Waals surface area contributed by atoms with Gasteiger partial charge in [-0.2, -0.15) is 0 Å². The third-order valence-corrected chi connectivity index (χ3v) is 4.48. The van der Waals surface area contributed by atoms with Gasteiger partial charge in [-0.15, -0.1) is 0 Å². The molecule has 1 fully saturated rings. The summed E-state index contributed by atoms with van der Waals surface area (Å²) in [5, 5.41) is 9.79. The molecule has 0 saturated carbocycles. The molecule has 2 rings (SSSR count). The predicted molar refractivity (Wildman–Crippen MR) is 88.5 cm³/mol. The number of aliphatic hydroxyl groups excluding tert-OH is 1. The van der Waals surface area contributed by atoms with Crippen LogP contribution in [0.15, 0.2) is 6.20 Å². The minimum atomic E-state index is -0.657. The van der Waals surface area contributed by atoms with Gasteiger partial charge in [-0.25, -0.2) is 0 Å². The monoisotopic (exact) mass is 335 g/mol. The first-order valence-corrected chi connectivity index (χ1v) is 7.95. The van der Waals surface area contributed by atoms with Gasteiger partial charge < -0.3 is 19.6 Å². The third-order valence-electron chi connectivity index (χ3n) is 4.48. The minimum Gasteiger partial charge on any atom is -0.496 e. The lowest BCUT2D eigenvalue weighted by atomic mass is 10.1. The number of carbonyl (C=O) groups is 2. The molecule has 1 saturated heterocycles. The SMILES string of the molecule is COc1c(C)cnc(CN(C)C(=O)[C@H]2C[C@@H](O)CN2C(C)=O)c1C. The van der Waals surface area contributed by atoms with E-state index in [1.807, 2.05) is 13.8 Å². The van der Waals surface area contributed by atoms with E-state index < -0.39 is 12.1 Å². The Hall–Kier alpha value is -2.15. The van der Waals surface area contributed by atoms with Crippen LogP contribution in [0.2, 0.25) is 0 Å². The predicted octanol–water partition coefficient (Wildman–Crippen LogP) is 0.647. The minimum absolute atomic E-state index is 0.192. The fraction of sp³-hybridized carbons (Fsp3) is 0.588. The molecule has 1 aliphatic heterocycles. The number of hydrogen-bond acceptors (Lipinski definition) is 5. The molecular formula is C17H25N3O4. The van der Waals surface area contributed by atoms with Crippen molar-refractivity contribution in [3.8, 4) is 5.75 Å².